The number of benzene rings is 2. The van der Waals surface area contributed by atoms with E-state index in [1.54, 1.807) is 0 Å². The van der Waals surface area contributed by atoms with Crippen molar-refractivity contribution in [3.05, 3.63) is 48.0 Å². The molecule has 2 aromatic rings. The standard InChI is InChI=1S/C18H24N2/c1-13(2)20-12-6-11-17(19)18(20)16-10-5-8-14-7-3-4-9-15(14)16/h3-5,7-10,13,17-18H,6,11-12,19H2,1-2H3. The average molecular weight is 268 g/mol. The van der Waals surface area contributed by atoms with E-state index in [4.69, 9.17) is 5.73 Å². The van der Waals surface area contributed by atoms with Crippen molar-refractivity contribution in [2.24, 2.45) is 5.73 Å². The number of nitrogens with zero attached hydrogens (tertiary/aromatic N) is 1. The molecule has 2 unspecified atom stereocenters. The molecule has 1 aliphatic heterocycles. The molecule has 20 heavy (non-hydrogen) atoms. The summed E-state index contributed by atoms with van der Waals surface area (Å²) in [4.78, 5) is 2.57. The van der Waals surface area contributed by atoms with E-state index in [0.29, 0.717) is 12.1 Å². The number of likely N-dealkylation sites (tertiary alicyclic amines) is 1. The molecule has 1 heterocycles. The Morgan fingerprint density at radius 2 is 1.85 bits per heavy atom. The maximum atomic E-state index is 6.49. The summed E-state index contributed by atoms with van der Waals surface area (Å²) in [6.45, 7) is 5.70. The van der Waals surface area contributed by atoms with E-state index >= 15 is 0 Å². The highest BCUT2D eigenvalue weighted by Crippen LogP contribution is 2.35. The van der Waals surface area contributed by atoms with E-state index in [-0.39, 0.29) is 6.04 Å². The van der Waals surface area contributed by atoms with Crippen LogP contribution in [0.5, 0.6) is 0 Å². The molecule has 3 rings (SSSR count). The van der Waals surface area contributed by atoms with Crippen molar-refractivity contribution >= 4 is 10.8 Å². The molecular weight excluding hydrogens is 244 g/mol. The second-order valence-electron chi connectivity index (χ2n) is 6.15. The van der Waals surface area contributed by atoms with Gasteiger partial charge in [0.15, 0.2) is 0 Å². The van der Waals surface area contributed by atoms with E-state index in [0.717, 1.165) is 13.0 Å². The molecule has 0 spiro atoms. The van der Waals surface area contributed by atoms with Gasteiger partial charge in [-0.15, -0.1) is 0 Å². The number of piperidine rings is 1. The fraction of sp³-hybridized carbons (Fsp3) is 0.444. The van der Waals surface area contributed by atoms with Crippen molar-refractivity contribution < 1.29 is 0 Å². The lowest BCUT2D eigenvalue weighted by atomic mass is 9.87. The summed E-state index contributed by atoms with van der Waals surface area (Å²) in [5.74, 6) is 0. The molecule has 2 aromatic carbocycles. The maximum Gasteiger partial charge on any atom is 0.0508 e. The lowest BCUT2D eigenvalue weighted by molar-refractivity contribution is 0.0956. The predicted octanol–water partition coefficient (Wildman–Crippen LogP) is 3.71. The minimum absolute atomic E-state index is 0.233. The van der Waals surface area contributed by atoms with Crippen molar-refractivity contribution in [1.82, 2.24) is 4.90 Å². The molecule has 2 atom stereocenters. The summed E-state index contributed by atoms with van der Waals surface area (Å²) in [7, 11) is 0. The highest BCUT2D eigenvalue weighted by molar-refractivity contribution is 5.86. The monoisotopic (exact) mass is 268 g/mol. The number of nitrogens with two attached hydrogens (primary N) is 1. The Balaban J connectivity index is 2.11. The maximum absolute atomic E-state index is 6.49. The lowest BCUT2D eigenvalue weighted by Crippen LogP contribution is -2.48. The zero-order valence-corrected chi connectivity index (χ0v) is 12.4. The summed E-state index contributed by atoms with van der Waals surface area (Å²) in [5, 5.41) is 2.66. The summed E-state index contributed by atoms with van der Waals surface area (Å²) in [5.41, 5.74) is 7.88. The summed E-state index contributed by atoms with van der Waals surface area (Å²) in [6.07, 6.45) is 2.33. The molecule has 0 saturated carbocycles. The van der Waals surface area contributed by atoms with Crippen LogP contribution < -0.4 is 5.73 Å². The van der Waals surface area contributed by atoms with Crippen LogP contribution in [0.1, 0.15) is 38.3 Å². The van der Waals surface area contributed by atoms with Crippen LogP contribution in [-0.2, 0) is 0 Å². The molecule has 2 heteroatoms. The first-order valence-corrected chi connectivity index (χ1v) is 7.67. The summed E-state index contributed by atoms with van der Waals surface area (Å²) < 4.78 is 0. The van der Waals surface area contributed by atoms with E-state index in [9.17, 15) is 0 Å². The molecule has 0 amide bonds. The van der Waals surface area contributed by atoms with Crippen LogP contribution >= 0.6 is 0 Å². The van der Waals surface area contributed by atoms with Gasteiger partial charge in [-0.3, -0.25) is 4.90 Å². The van der Waals surface area contributed by atoms with Gasteiger partial charge in [0.1, 0.15) is 0 Å². The molecule has 106 valence electrons. The molecule has 2 nitrogen and oxygen atoms in total. The second kappa shape index (κ2) is 5.55. The van der Waals surface area contributed by atoms with Crippen LogP contribution in [0.4, 0.5) is 0 Å². The minimum Gasteiger partial charge on any atom is -0.326 e. The molecule has 1 saturated heterocycles. The van der Waals surface area contributed by atoms with Gasteiger partial charge in [0, 0.05) is 12.1 Å². The first kappa shape index (κ1) is 13.6. The van der Waals surface area contributed by atoms with Gasteiger partial charge >= 0.3 is 0 Å². The highest BCUT2D eigenvalue weighted by Gasteiger charge is 2.32. The normalized spacial score (nSPS) is 24.4. The molecule has 0 radical (unpaired) electrons. The van der Waals surface area contributed by atoms with Crippen molar-refractivity contribution in [1.29, 1.82) is 0 Å². The SMILES string of the molecule is CC(C)N1CCCC(N)C1c1cccc2ccccc12. The van der Waals surface area contributed by atoms with Crippen LogP contribution in [0.25, 0.3) is 10.8 Å². The van der Waals surface area contributed by atoms with Crippen LogP contribution in [0.2, 0.25) is 0 Å². The number of hydrogen-bond donors (Lipinski definition) is 1. The molecule has 0 aromatic heterocycles. The Labute approximate surface area is 121 Å². The number of rotatable bonds is 2. The van der Waals surface area contributed by atoms with Gasteiger partial charge in [-0.25, -0.2) is 0 Å². The van der Waals surface area contributed by atoms with Crippen molar-refractivity contribution in [3.63, 3.8) is 0 Å². The lowest BCUT2D eigenvalue weighted by Gasteiger charge is -2.43. The molecule has 0 aliphatic carbocycles. The molecular formula is C18H24N2. The Kier molecular flexibility index (Phi) is 3.77. The van der Waals surface area contributed by atoms with Crippen LogP contribution in [-0.4, -0.2) is 23.5 Å². The van der Waals surface area contributed by atoms with Gasteiger partial charge in [-0.05, 0) is 49.6 Å². The molecule has 0 bridgehead atoms. The van der Waals surface area contributed by atoms with Gasteiger partial charge in [-0.1, -0.05) is 42.5 Å². The van der Waals surface area contributed by atoms with Gasteiger partial charge in [-0.2, -0.15) is 0 Å². The topological polar surface area (TPSA) is 29.3 Å². The van der Waals surface area contributed by atoms with Crippen molar-refractivity contribution in [2.45, 2.75) is 44.8 Å². The summed E-state index contributed by atoms with van der Waals surface area (Å²) in [6, 6.07) is 16.4. The smallest absolute Gasteiger partial charge is 0.0508 e. The van der Waals surface area contributed by atoms with E-state index in [1.807, 2.05) is 0 Å². The third-order valence-electron chi connectivity index (χ3n) is 4.52. The first-order valence-electron chi connectivity index (χ1n) is 7.67. The third kappa shape index (κ3) is 2.34. The van der Waals surface area contributed by atoms with Gasteiger partial charge in [0.2, 0.25) is 0 Å². The van der Waals surface area contributed by atoms with Crippen LogP contribution in [0.3, 0.4) is 0 Å². The molecule has 1 fully saturated rings. The van der Waals surface area contributed by atoms with Gasteiger partial charge in [0.25, 0.3) is 0 Å². The fourth-order valence-corrected chi connectivity index (χ4v) is 3.55. The second-order valence-corrected chi connectivity index (χ2v) is 6.15. The van der Waals surface area contributed by atoms with Crippen LogP contribution in [0, 0.1) is 0 Å². The van der Waals surface area contributed by atoms with Crippen LogP contribution in [0.15, 0.2) is 42.5 Å². The summed E-state index contributed by atoms with van der Waals surface area (Å²) >= 11 is 0. The van der Waals surface area contributed by atoms with Gasteiger partial charge in [0.05, 0.1) is 6.04 Å². The largest absolute Gasteiger partial charge is 0.326 e. The van der Waals surface area contributed by atoms with Crippen molar-refractivity contribution in [2.75, 3.05) is 6.54 Å². The minimum atomic E-state index is 0.233. The third-order valence-corrected chi connectivity index (χ3v) is 4.52. The Bertz CT molecular complexity index is 585. The zero-order chi connectivity index (χ0) is 14.1. The quantitative estimate of drug-likeness (QED) is 0.899. The average Bonchev–Trinajstić information content (AvgIpc) is 2.46. The highest BCUT2D eigenvalue weighted by atomic mass is 15.2. The number of fused-ring (bicyclic) bond motifs is 1. The molecule has 1 aliphatic rings. The number of hydrogen-bond acceptors (Lipinski definition) is 2. The first-order chi connectivity index (χ1) is 9.68. The molecule has 2 N–H and O–H groups in total. The van der Waals surface area contributed by atoms with Crippen molar-refractivity contribution in [3.8, 4) is 0 Å². The predicted molar refractivity (Wildman–Crippen MR) is 85.7 cm³/mol. The Hall–Kier alpha value is -1.38. The fourth-order valence-electron chi connectivity index (χ4n) is 3.55. The Morgan fingerprint density at radius 1 is 1.10 bits per heavy atom. The zero-order valence-electron chi connectivity index (χ0n) is 12.4. The Morgan fingerprint density at radius 3 is 2.65 bits per heavy atom. The van der Waals surface area contributed by atoms with E-state index in [1.165, 1.54) is 22.8 Å². The van der Waals surface area contributed by atoms with E-state index < -0.39 is 0 Å². The van der Waals surface area contributed by atoms with Gasteiger partial charge < -0.3 is 5.73 Å². The van der Waals surface area contributed by atoms with E-state index in [2.05, 4.69) is 61.2 Å².